The molecule has 0 heterocycles. The molecule has 0 aliphatic rings. The van der Waals surface area contributed by atoms with E-state index in [1.165, 1.54) is 12.1 Å². The van der Waals surface area contributed by atoms with Crippen LogP contribution in [0.1, 0.15) is 24.5 Å². The van der Waals surface area contributed by atoms with Gasteiger partial charge in [0.05, 0.1) is 11.4 Å². The number of carbonyl (C=O) groups is 2. The number of nitrogen functional groups attached to an aromatic ring is 1. The molecule has 4 aromatic rings. The Balaban J connectivity index is 1.56. The first-order valence-corrected chi connectivity index (χ1v) is 14.6. The number of hydrogen-bond acceptors (Lipinski definition) is 6. The number of hydrogen-bond donors (Lipinski definition) is 4. The highest BCUT2D eigenvalue weighted by Gasteiger charge is 2.31. The minimum absolute atomic E-state index is 0.0586. The van der Waals surface area contributed by atoms with Crippen LogP contribution < -0.4 is 21.1 Å². The van der Waals surface area contributed by atoms with Gasteiger partial charge in [-0.1, -0.05) is 68.3 Å². The van der Waals surface area contributed by atoms with E-state index in [0.717, 1.165) is 4.47 Å². The summed E-state index contributed by atoms with van der Waals surface area (Å²) >= 11 is 6.82. The van der Waals surface area contributed by atoms with Crippen LogP contribution in [-0.4, -0.2) is 23.2 Å². The van der Waals surface area contributed by atoms with Crippen LogP contribution in [-0.2, 0) is 9.53 Å². The Morgan fingerprint density at radius 3 is 2.31 bits per heavy atom. The predicted octanol–water partition coefficient (Wildman–Crippen LogP) is 8.21. The fraction of sp³-hybridized carbons (Fsp3) is 0.125. The molecule has 0 spiro atoms. The molecule has 216 valence electrons. The Morgan fingerprint density at radius 1 is 0.881 bits per heavy atom. The van der Waals surface area contributed by atoms with Crippen molar-refractivity contribution in [2.75, 3.05) is 16.4 Å². The van der Waals surface area contributed by atoms with Gasteiger partial charge in [0.15, 0.2) is 6.10 Å². The average molecular weight is 695 g/mol. The van der Waals surface area contributed by atoms with Gasteiger partial charge < -0.3 is 25.6 Å². The molecule has 0 saturated heterocycles. The molecule has 0 unspecified atom stereocenters. The van der Waals surface area contributed by atoms with Crippen molar-refractivity contribution in [2.24, 2.45) is 0 Å². The number of benzene rings is 4. The summed E-state index contributed by atoms with van der Waals surface area (Å²) < 4.78 is 13.8. The summed E-state index contributed by atoms with van der Waals surface area (Å²) in [5.41, 5.74) is 7.79. The highest BCUT2D eigenvalue weighted by Crippen LogP contribution is 2.36. The zero-order chi connectivity index (χ0) is 29.9. The standard InChI is InChI=1S/C32H29Br2N3O5/c33-21-14-17-23(18-15-21)36-32(40)42-31(25-20-22(34)16-19-28(25)38)29(41-24-8-2-1-3-9-24)12-6-7-13-30(39)37-27-11-5-4-10-26(27)35/h1-5,7-11,13-20,29,31,38H,6,12,35H2,(H,36,40)(H,37,39)/b13-7+/t29-,31-/m1/s1. The van der Waals surface area contributed by atoms with Crippen molar-refractivity contribution in [1.29, 1.82) is 0 Å². The molecule has 0 aliphatic carbocycles. The summed E-state index contributed by atoms with van der Waals surface area (Å²) in [6.45, 7) is 0. The minimum atomic E-state index is -1.01. The number of ether oxygens (including phenoxy) is 2. The van der Waals surface area contributed by atoms with Crippen LogP contribution >= 0.6 is 31.9 Å². The van der Waals surface area contributed by atoms with E-state index in [1.54, 1.807) is 78.9 Å². The van der Waals surface area contributed by atoms with Crippen LogP contribution in [0.4, 0.5) is 21.9 Å². The van der Waals surface area contributed by atoms with Gasteiger partial charge in [-0.05, 0) is 85.6 Å². The number of halogens is 2. The van der Waals surface area contributed by atoms with Crippen LogP contribution in [0.2, 0.25) is 0 Å². The van der Waals surface area contributed by atoms with Gasteiger partial charge in [0, 0.05) is 20.2 Å². The van der Waals surface area contributed by atoms with E-state index in [0.29, 0.717) is 45.7 Å². The Hall–Kier alpha value is -4.28. The number of rotatable bonds is 11. The lowest BCUT2D eigenvalue weighted by Crippen LogP contribution is -2.31. The molecule has 10 heteroatoms. The lowest BCUT2D eigenvalue weighted by atomic mass is 9.99. The Labute approximate surface area is 260 Å². The highest BCUT2D eigenvalue weighted by molar-refractivity contribution is 9.10. The normalized spacial score (nSPS) is 12.3. The number of allylic oxidation sites excluding steroid dienone is 1. The first-order chi connectivity index (χ1) is 20.3. The van der Waals surface area contributed by atoms with Gasteiger partial charge in [0.2, 0.25) is 5.91 Å². The van der Waals surface area contributed by atoms with Crippen molar-refractivity contribution in [3.8, 4) is 11.5 Å². The molecule has 4 rings (SSSR count). The van der Waals surface area contributed by atoms with Gasteiger partial charge >= 0.3 is 6.09 Å². The van der Waals surface area contributed by atoms with E-state index in [-0.39, 0.29) is 11.7 Å². The van der Waals surface area contributed by atoms with Crippen LogP contribution in [0.3, 0.4) is 0 Å². The monoisotopic (exact) mass is 693 g/mol. The first kappa shape index (κ1) is 30.7. The van der Waals surface area contributed by atoms with Crippen molar-refractivity contribution in [3.63, 3.8) is 0 Å². The number of anilines is 3. The number of nitrogens with two attached hydrogens (primary N) is 1. The second kappa shape index (κ2) is 15.1. The zero-order valence-corrected chi connectivity index (χ0v) is 25.5. The van der Waals surface area contributed by atoms with Crippen molar-refractivity contribution in [3.05, 3.63) is 124 Å². The third-order valence-electron chi connectivity index (χ3n) is 6.09. The molecule has 42 heavy (non-hydrogen) atoms. The van der Waals surface area contributed by atoms with Crippen LogP contribution in [0.25, 0.3) is 0 Å². The first-order valence-electron chi connectivity index (χ1n) is 13.0. The van der Waals surface area contributed by atoms with Gasteiger partial charge in [0.1, 0.15) is 17.6 Å². The van der Waals surface area contributed by atoms with Crippen molar-refractivity contribution < 1.29 is 24.2 Å². The zero-order valence-electron chi connectivity index (χ0n) is 22.4. The Kier molecular flexibility index (Phi) is 11.0. The summed E-state index contributed by atoms with van der Waals surface area (Å²) in [6.07, 6.45) is 1.39. The highest BCUT2D eigenvalue weighted by atomic mass is 79.9. The van der Waals surface area contributed by atoms with Crippen LogP contribution in [0.15, 0.2) is 118 Å². The van der Waals surface area contributed by atoms with E-state index in [9.17, 15) is 14.7 Å². The number of nitrogens with one attached hydrogen (secondary N) is 2. The van der Waals surface area contributed by atoms with Gasteiger partial charge in [-0.2, -0.15) is 0 Å². The Morgan fingerprint density at radius 2 is 1.57 bits per heavy atom. The molecule has 0 bridgehead atoms. The van der Waals surface area contributed by atoms with Crippen molar-refractivity contribution in [2.45, 2.75) is 25.0 Å². The minimum Gasteiger partial charge on any atom is -0.508 e. The molecule has 8 nitrogen and oxygen atoms in total. The van der Waals surface area contributed by atoms with Crippen LogP contribution in [0, 0.1) is 0 Å². The molecule has 0 aliphatic heterocycles. The molecule has 0 fully saturated rings. The van der Waals surface area contributed by atoms with E-state index >= 15 is 0 Å². The Bertz CT molecular complexity index is 1530. The lowest BCUT2D eigenvalue weighted by molar-refractivity contribution is -0.111. The number of para-hydroxylation sites is 3. The molecule has 5 N–H and O–H groups in total. The molecule has 0 radical (unpaired) electrons. The summed E-state index contributed by atoms with van der Waals surface area (Å²) in [6, 6.07) is 28.0. The summed E-state index contributed by atoms with van der Waals surface area (Å²) in [5, 5.41) is 16.3. The fourth-order valence-electron chi connectivity index (χ4n) is 4.07. The quantitative estimate of drug-likeness (QED) is 0.0927. The second-order valence-electron chi connectivity index (χ2n) is 9.19. The molecular weight excluding hydrogens is 666 g/mol. The number of phenols is 1. The number of amides is 2. The van der Waals surface area contributed by atoms with Gasteiger partial charge in [-0.3, -0.25) is 10.1 Å². The summed E-state index contributed by atoms with van der Waals surface area (Å²) in [5.74, 6) is 0.164. The SMILES string of the molecule is Nc1ccccc1NC(=O)/C=C/CC[C@@H](Oc1ccccc1)[C@H](OC(=O)Nc1ccc(Br)cc1)c1cc(Br)ccc1O. The molecular formula is C32H29Br2N3O5. The van der Waals surface area contributed by atoms with E-state index in [2.05, 4.69) is 42.5 Å². The number of phenolic OH excluding ortho intramolecular Hbond substituents is 1. The summed E-state index contributed by atoms with van der Waals surface area (Å²) in [4.78, 5) is 25.6. The van der Waals surface area contributed by atoms with E-state index in [4.69, 9.17) is 15.2 Å². The maximum absolute atomic E-state index is 13.1. The van der Waals surface area contributed by atoms with Crippen LogP contribution in [0.5, 0.6) is 11.5 Å². The largest absolute Gasteiger partial charge is 0.508 e. The van der Waals surface area contributed by atoms with E-state index < -0.39 is 18.3 Å². The maximum atomic E-state index is 13.1. The van der Waals surface area contributed by atoms with Gasteiger partial charge in [-0.15, -0.1) is 0 Å². The van der Waals surface area contributed by atoms with Crippen molar-refractivity contribution in [1.82, 2.24) is 0 Å². The third-order valence-corrected chi connectivity index (χ3v) is 7.12. The molecule has 0 aromatic heterocycles. The molecule has 2 amide bonds. The molecule has 0 saturated carbocycles. The molecule has 2 atom stereocenters. The topological polar surface area (TPSA) is 123 Å². The smallest absolute Gasteiger partial charge is 0.412 e. The maximum Gasteiger partial charge on any atom is 0.412 e. The number of aromatic hydroxyl groups is 1. The van der Waals surface area contributed by atoms with E-state index in [1.807, 2.05) is 18.2 Å². The lowest BCUT2D eigenvalue weighted by Gasteiger charge is -2.28. The van der Waals surface area contributed by atoms with Crippen molar-refractivity contribution >= 4 is 60.9 Å². The fourth-order valence-corrected chi connectivity index (χ4v) is 4.71. The second-order valence-corrected chi connectivity index (χ2v) is 11.0. The molecule has 4 aromatic carbocycles. The summed E-state index contributed by atoms with van der Waals surface area (Å²) in [7, 11) is 0. The van der Waals surface area contributed by atoms with Gasteiger partial charge in [0.25, 0.3) is 0 Å². The van der Waals surface area contributed by atoms with Gasteiger partial charge in [-0.25, -0.2) is 4.79 Å². The predicted molar refractivity (Wildman–Crippen MR) is 172 cm³/mol. The average Bonchev–Trinajstić information content (AvgIpc) is 2.98. The third kappa shape index (κ3) is 9.12. The number of carbonyl (C=O) groups excluding carboxylic acids is 2.